The van der Waals surface area contributed by atoms with E-state index in [0.29, 0.717) is 0 Å². The van der Waals surface area contributed by atoms with Crippen molar-refractivity contribution in [1.82, 2.24) is 0 Å². The highest BCUT2D eigenvalue weighted by Gasteiger charge is 2.25. The second kappa shape index (κ2) is 4.14. The highest BCUT2D eigenvalue weighted by Crippen LogP contribution is 2.51. The molecule has 0 aliphatic heterocycles. The van der Waals surface area contributed by atoms with Crippen LogP contribution in [0.25, 0.3) is 0 Å². The van der Waals surface area contributed by atoms with Crippen molar-refractivity contribution >= 4 is 17.5 Å². The smallest absolute Gasteiger partial charge is 0.438 e. The lowest BCUT2D eigenvalue weighted by Crippen LogP contribution is -2.28. The van der Waals surface area contributed by atoms with Crippen molar-refractivity contribution in [2.45, 2.75) is 0 Å². The molecule has 9 heteroatoms. The maximum atomic E-state index is 11.5. The number of methoxy groups -OCH3 is 1. The van der Waals surface area contributed by atoms with Crippen LogP contribution in [0.15, 0.2) is 0 Å². The van der Waals surface area contributed by atoms with Crippen LogP contribution in [-0.4, -0.2) is 33.7 Å². The van der Waals surface area contributed by atoms with E-state index in [9.17, 15) is 25.3 Å². The number of nitrogen functional groups attached to an aromatic ring is 1. The van der Waals surface area contributed by atoms with Gasteiger partial charge in [-0.1, -0.05) is 0 Å². The number of hydrogen-bond donors (Lipinski definition) is 5. The average molecular weight is 245 g/mol. The molecule has 0 atom stereocenters. The molecule has 0 heterocycles. The molecule has 0 radical (unpaired) electrons. The van der Waals surface area contributed by atoms with Gasteiger partial charge in [-0.15, -0.1) is 0 Å². The van der Waals surface area contributed by atoms with Crippen LogP contribution < -0.4 is 15.9 Å². The van der Waals surface area contributed by atoms with Gasteiger partial charge in [0.1, 0.15) is 5.69 Å². The number of aromatic hydroxyl groups is 3. The molecular formula is C8H9N2O7-. The topological polar surface area (TPSA) is 160 Å². The minimum atomic E-state index is -1.39. The second-order valence-corrected chi connectivity index (χ2v) is 2.92. The number of nitrogens with two attached hydrogens (primary N) is 1. The number of carbonyl (C=O) groups is 1. The first-order valence-electron chi connectivity index (χ1n) is 4.13. The highest BCUT2D eigenvalue weighted by molar-refractivity contribution is 5.94. The number of ether oxygens (including phenoxy) is 1. The van der Waals surface area contributed by atoms with E-state index in [2.05, 4.69) is 4.74 Å². The van der Waals surface area contributed by atoms with Gasteiger partial charge in [0.25, 0.3) is 0 Å². The van der Waals surface area contributed by atoms with Gasteiger partial charge in [0.15, 0.2) is 11.5 Å². The van der Waals surface area contributed by atoms with E-state index in [1.807, 2.05) is 0 Å². The number of hydroxylamine groups is 1. The van der Waals surface area contributed by atoms with Crippen molar-refractivity contribution in [3.8, 4) is 23.0 Å². The number of phenolic OH excluding ortho intramolecular Hbond substituents is 3. The fourth-order valence-electron chi connectivity index (χ4n) is 1.07. The summed E-state index contributed by atoms with van der Waals surface area (Å²) >= 11 is 0. The molecule has 1 rings (SSSR count). The third-order valence-corrected chi connectivity index (χ3v) is 1.95. The number of nitrogens with zero attached hydrogens (tertiary/aromatic N) is 1. The van der Waals surface area contributed by atoms with Crippen LogP contribution in [0.5, 0.6) is 23.0 Å². The van der Waals surface area contributed by atoms with E-state index < -0.39 is 40.5 Å². The number of rotatable bonds is 1. The summed E-state index contributed by atoms with van der Waals surface area (Å²) in [7, 11) is 0.913. The molecule has 0 unspecified atom stereocenters. The zero-order valence-corrected chi connectivity index (χ0v) is 8.54. The molecule has 0 aromatic heterocycles. The zero-order valence-electron chi connectivity index (χ0n) is 8.54. The Labute approximate surface area is 94.5 Å². The molecule has 0 saturated heterocycles. The molecular weight excluding hydrogens is 236 g/mol. The molecule has 17 heavy (non-hydrogen) atoms. The van der Waals surface area contributed by atoms with E-state index in [1.165, 1.54) is 0 Å². The summed E-state index contributed by atoms with van der Waals surface area (Å²) in [6.45, 7) is 0. The molecule has 6 N–H and O–H groups in total. The Balaban J connectivity index is 3.49. The Morgan fingerprint density at radius 1 is 1.29 bits per heavy atom. The van der Waals surface area contributed by atoms with Gasteiger partial charge >= 0.3 is 6.09 Å². The Morgan fingerprint density at radius 3 is 2.29 bits per heavy atom. The van der Waals surface area contributed by atoms with Gasteiger partial charge in [-0.2, -0.15) is 5.06 Å². The van der Waals surface area contributed by atoms with E-state index in [-0.39, 0.29) is 5.06 Å². The summed E-state index contributed by atoms with van der Waals surface area (Å²) in [6.07, 6.45) is -1.39. The van der Waals surface area contributed by atoms with Gasteiger partial charge < -0.3 is 30.9 Å². The molecule has 0 bridgehead atoms. The van der Waals surface area contributed by atoms with Crippen LogP contribution in [0.2, 0.25) is 0 Å². The van der Waals surface area contributed by atoms with E-state index in [0.717, 1.165) is 7.11 Å². The molecule has 1 amide bonds. The summed E-state index contributed by atoms with van der Waals surface area (Å²) in [5.74, 6) is -4.63. The lowest BCUT2D eigenvalue weighted by molar-refractivity contribution is -0.266. The third kappa shape index (κ3) is 1.78. The average Bonchev–Trinajstić information content (AvgIpc) is 2.32. The molecule has 94 valence electrons. The molecule has 0 spiro atoms. The van der Waals surface area contributed by atoms with Gasteiger partial charge in [0, 0.05) is 0 Å². The van der Waals surface area contributed by atoms with Gasteiger partial charge in [-0.3, -0.25) is 5.21 Å². The van der Waals surface area contributed by atoms with Crippen molar-refractivity contribution < 1.29 is 35.2 Å². The summed E-state index contributed by atoms with van der Waals surface area (Å²) in [5.41, 5.74) is 3.25. The van der Waals surface area contributed by atoms with Crippen molar-refractivity contribution in [3.05, 3.63) is 0 Å². The molecule has 0 saturated carbocycles. The summed E-state index contributed by atoms with van der Waals surface area (Å²) in [6, 6.07) is 0. The number of hydrogen-bond acceptors (Lipinski definition) is 8. The van der Waals surface area contributed by atoms with E-state index in [4.69, 9.17) is 10.8 Å². The molecule has 1 aromatic carbocycles. The third-order valence-electron chi connectivity index (χ3n) is 1.95. The van der Waals surface area contributed by atoms with Gasteiger partial charge in [0.05, 0.1) is 12.8 Å². The fraction of sp³-hybridized carbons (Fsp3) is 0.125. The monoisotopic (exact) mass is 245 g/mol. The lowest BCUT2D eigenvalue weighted by Gasteiger charge is -2.23. The fourth-order valence-corrected chi connectivity index (χ4v) is 1.07. The van der Waals surface area contributed by atoms with Crippen LogP contribution in [0.3, 0.4) is 0 Å². The Hall–Kier alpha value is -2.55. The first-order valence-corrected chi connectivity index (χ1v) is 4.13. The van der Waals surface area contributed by atoms with Crippen LogP contribution in [0.1, 0.15) is 0 Å². The minimum absolute atomic E-state index is 0.340. The molecule has 0 aliphatic carbocycles. The summed E-state index contributed by atoms with van der Waals surface area (Å²) in [5, 5.41) is 48.0. The summed E-state index contributed by atoms with van der Waals surface area (Å²) < 4.78 is 4.09. The normalized spacial score (nSPS) is 10.0. The Bertz CT molecular complexity index is 444. The van der Waals surface area contributed by atoms with Crippen molar-refractivity contribution in [1.29, 1.82) is 0 Å². The van der Waals surface area contributed by atoms with Crippen molar-refractivity contribution in [2.24, 2.45) is 0 Å². The van der Waals surface area contributed by atoms with Crippen LogP contribution in [0.4, 0.5) is 16.2 Å². The van der Waals surface area contributed by atoms with Crippen LogP contribution in [0, 0.1) is 0 Å². The van der Waals surface area contributed by atoms with Gasteiger partial charge in [-0.25, -0.2) is 4.79 Å². The maximum absolute atomic E-state index is 11.5. The van der Waals surface area contributed by atoms with E-state index in [1.54, 1.807) is 0 Å². The number of amides is 1. The molecule has 0 fully saturated rings. The number of benzene rings is 1. The predicted octanol–water partition coefficient (Wildman–Crippen LogP) is -0.579. The SMILES string of the molecule is COC(=O)N(O)c1c([O-])c(N)c(O)c(O)c1O. The lowest BCUT2D eigenvalue weighted by atomic mass is 10.2. The number of phenols is 3. The van der Waals surface area contributed by atoms with Crippen molar-refractivity contribution in [2.75, 3.05) is 17.9 Å². The van der Waals surface area contributed by atoms with Crippen LogP contribution in [-0.2, 0) is 4.74 Å². The van der Waals surface area contributed by atoms with Gasteiger partial charge in [0.2, 0.25) is 5.75 Å². The highest BCUT2D eigenvalue weighted by atomic mass is 16.6. The van der Waals surface area contributed by atoms with Crippen molar-refractivity contribution in [3.63, 3.8) is 0 Å². The second-order valence-electron chi connectivity index (χ2n) is 2.92. The largest absolute Gasteiger partial charge is 0.869 e. The molecule has 0 aliphatic rings. The first kappa shape index (κ1) is 12.5. The first-order chi connectivity index (χ1) is 7.82. The van der Waals surface area contributed by atoms with Gasteiger partial charge in [-0.05, 0) is 5.75 Å². The number of anilines is 2. The zero-order chi connectivity index (χ0) is 13.3. The summed E-state index contributed by atoms with van der Waals surface area (Å²) in [4.78, 5) is 10.9. The Kier molecular flexibility index (Phi) is 3.05. The standard InChI is InChI=1S/C8H10N2O7/c1-17-8(15)10(16)3-4(11)2(9)5(12)7(14)6(3)13/h11-14,16H,9H2,1H3/p-1. The predicted molar refractivity (Wildman–Crippen MR) is 52.0 cm³/mol. The van der Waals surface area contributed by atoms with E-state index >= 15 is 0 Å². The number of carbonyl (C=O) groups excluding carboxylic acids is 1. The van der Waals surface area contributed by atoms with Crippen LogP contribution >= 0.6 is 0 Å². The molecule has 1 aromatic rings. The molecule has 9 nitrogen and oxygen atoms in total. The maximum Gasteiger partial charge on any atom is 0.438 e. The quantitative estimate of drug-likeness (QED) is 0.144. The minimum Gasteiger partial charge on any atom is -0.869 e. The Morgan fingerprint density at radius 2 is 1.82 bits per heavy atom.